The van der Waals surface area contributed by atoms with Crippen LogP contribution in [-0.4, -0.2) is 6.10 Å². The Bertz CT molecular complexity index is 851. The SMILES string of the molecule is C[C@H]1[C@@H](OCc2ccccc2)C12c1ccccc1-c1ccccc12. The van der Waals surface area contributed by atoms with Gasteiger partial charge in [0.25, 0.3) is 0 Å². The zero-order valence-electron chi connectivity index (χ0n) is 13.8. The van der Waals surface area contributed by atoms with Crippen LogP contribution in [0.15, 0.2) is 78.9 Å². The summed E-state index contributed by atoms with van der Waals surface area (Å²) in [5, 5.41) is 0. The zero-order chi connectivity index (χ0) is 16.1. The maximum absolute atomic E-state index is 6.40. The van der Waals surface area contributed by atoms with Gasteiger partial charge in [0, 0.05) is 0 Å². The molecule has 0 heterocycles. The molecular weight excluding hydrogens is 292 g/mol. The Morgan fingerprint density at radius 1 is 0.750 bits per heavy atom. The Balaban J connectivity index is 1.54. The molecule has 1 saturated carbocycles. The van der Waals surface area contributed by atoms with Crippen molar-refractivity contribution < 1.29 is 4.74 Å². The van der Waals surface area contributed by atoms with E-state index in [1.807, 2.05) is 6.07 Å². The standard InChI is InChI=1S/C23H20O/c1-16-22(24-15-17-9-3-2-4-10-17)23(16)20-13-7-5-11-18(20)19-12-6-8-14-21(19)23/h2-14,16,22H,15H2,1H3/t16-,22+/m0/s1. The number of rotatable bonds is 3. The lowest BCUT2D eigenvalue weighted by Gasteiger charge is -2.14. The molecule has 2 atom stereocenters. The molecule has 118 valence electrons. The summed E-state index contributed by atoms with van der Waals surface area (Å²) < 4.78 is 6.40. The van der Waals surface area contributed by atoms with Crippen LogP contribution < -0.4 is 0 Å². The van der Waals surface area contributed by atoms with Crippen LogP contribution >= 0.6 is 0 Å². The van der Waals surface area contributed by atoms with Crippen molar-refractivity contribution in [2.75, 3.05) is 0 Å². The summed E-state index contributed by atoms with van der Waals surface area (Å²) in [4.78, 5) is 0. The van der Waals surface area contributed by atoms with Crippen molar-refractivity contribution in [3.63, 3.8) is 0 Å². The van der Waals surface area contributed by atoms with Crippen LogP contribution in [0.5, 0.6) is 0 Å². The number of hydrogen-bond acceptors (Lipinski definition) is 1. The fourth-order valence-corrected chi connectivity index (χ4v) is 4.66. The number of benzene rings is 3. The van der Waals surface area contributed by atoms with E-state index in [0.717, 1.165) is 0 Å². The monoisotopic (exact) mass is 312 g/mol. The normalized spacial score (nSPS) is 22.2. The molecule has 3 aromatic rings. The molecule has 24 heavy (non-hydrogen) atoms. The summed E-state index contributed by atoms with van der Waals surface area (Å²) in [7, 11) is 0. The topological polar surface area (TPSA) is 9.23 Å². The van der Waals surface area contributed by atoms with E-state index in [0.29, 0.717) is 12.5 Å². The second kappa shape index (κ2) is 5.06. The first-order chi connectivity index (χ1) is 11.8. The molecule has 0 radical (unpaired) electrons. The first-order valence-electron chi connectivity index (χ1n) is 8.68. The van der Waals surface area contributed by atoms with Crippen LogP contribution in [-0.2, 0) is 16.8 Å². The molecule has 1 fully saturated rings. The maximum atomic E-state index is 6.40. The summed E-state index contributed by atoms with van der Waals surface area (Å²) in [6.07, 6.45) is 0.252. The fraction of sp³-hybridized carbons (Fsp3) is 0.217. The van der Waals surface area contributed by atoms with E-state index >= 15 is 0 Å². The first kappa shape index (κ1) is 14.0. The van der Waals surface area contributed by atoms with Gasteiger partial charge >= 0.3 is 0 Å². The van der Waals surface area contributed by atoms with Gasteiger partial charge in [-0.1, -0.05) is 85.8 Å². The van der Waals surface area contributed by atoms with Crippen LogP contribution in [0.4, 0.5) is 0 Å². The smallest absolute Gasteiger partial charge is 0.0759 e. The van der Waals surface area contributed by atoms with Gasteiger partial charge < -0.3 is 4.74 Å². The minimum absolute atomic E-state index is 0.0436. The van der Waals surface area contributed by atoms with Crippen LogP contribution in [0.2, 0.25) is 0 Å². The van der Waals surface area contributed by atoms with Gasteiger partial charge in [0.05, 0.1) is 18.1 Å². The lowest BCUT2D eigenvalue weighted by Crippen LogP contribution is -2.13. The fourth-order valence-electron chi connectivity index (χ4n) is 4.66. The Hall–Kier alpha value is -2.38. The largest absolute Gasteiger partial charge is 0.372 e. The van der Waals surface area contributed by atoms with E-state index in [-0.39, 0.29) is 11.5 Å². The Labute approximate surface area is 142 Å². The van der Waals surface area contributed by atoms with Crippen LogP contribution in [0.1, 0.15) is 23.6 Å². The zero-order valence-corrected chi connectivity index (χ0v) is 13.8. The minimum atomic E-state index is 0.0436. The third-order valence-electron chi connectivity index (χ3n) is 5.82. The number of fused-ring (bicyclic) bond motifs is 5. The number of hydrogen-bond donors (Lipinski definition) is 0. The second-order valence-corrected chi connectivity index (χ2v) is 6.97. The molecule has 0 N–H and O–H groups in total. The highest BCUT2D eigenvalue weighted by atomic mass is 16.5. The summed E-state index contributed by atoms with van der Waals surface area (Å²) in [5.41, 5.74) is 6.93. The van der Waals surface area contributed by atoms with Crippen LogP contribution in [0.3, 0.4) is 0 Å². The van der Waals surface area contributed by atoms with Crippen molar-refractivity contribution in [2.24, 2.45) is 5.92 Å². The quantitative estimate of drug-likeness (QED) is 0.647. The highest BCUT2D eigenvalue weighted by molar-refractivity contribution is 5.84. The van der Waals surface area contributed by atoms with Crippen molar-refractivity contribution in [1.29, 1.82) is 0 Å². The van der Waals surface area contributed by atoms with Crippen molar-refractivity contribution in [2.45, 2.75) is 25.0 Å². The van der Waals surface area contributed by atoms with Gasteiger partial charge in [0.2, 0.25) is 0 Å². The van der Waals surface area contributed by atoms with E-state index in [9.17, 15) is 0 Å². The van der Waals surface area contributed by atoms with Crippen LogP contribution in [0, 0.1) is 5.92 Å². The predicted octanol–water partition coefficient (Wildman–Crippen LogP) is 5.19. The molecule has 0 aromatic heterocycles. The molecular formula is C23H20O. The third kappa shape index (κ3) is 1.73. The molecule has 0 saturated heterocycles. The maximum Gasteiger partial charge on any atom is 0.0759 e. The highest BCUT2D eigenvalue weighted by Crippen LogP contribution is 2.67. The predicted molar refractivity (Wildman–Crippen MR) is 96.8 cm³/mol. The Kier molecular flexibility index (Phi) is 2.95. The molecule has 0 bridgehead atoms. The van der Waals surface area contributed by atoms with Gasteiger partial charge in [0.15, 0.2) is 0 Å². The Morgan fingerprint density at radius 3 is 1.92 bits per heavy atom. The molecule has 5 rings (SSSR count). The molecule has 1 spiro atoms. The van der Waals surface area contributed by atoms with Gasteiger partial charge in [-0.3, -0.25) is 0 Å². The number of ether oxygens (including phenoxy) is 1. The molecule has 0 aliphatic heterocycles. The average Bonchev–Trinajstić information content (AvgIpc) is 3.12. The van der Waals surface area contributed by atoms with E-state index in [2.05, 4.69) is 79.7 Å². The lowest BCUT2D eigenvalue weighted by atomic mass is 9.91. The molecule has 0 unspecified atom stereocenters. The van der Waals surface area contributed by atoms with Crippen molar-refractivity contribution in [3.05, 3.63) is 95.6 Å². The van der Waals surface area contributed by atoms with E-state index in [1.54, 1.807) is 0 Å². The summed E-state index contributed by atoms with van der Waals surface area (Å²) in [5.74, 6) is 0.506. The van der Waals surface area contributed by atoms with Crippen molar-refractivity contribution in [1.82, 2.24) is 0 Å². The second-order valence-electron chi connectivity index (χ2n) is 6.97. The van der Waals surface area contributed by atoms with Crippen LogP contribution in [0.25, 0.3) is 11.1 Å². The first-order valence-corrected chi connectivity index (χ1v) is 8.68. The molecule has 3 aromatic carbocycles. The van der Waals surface area contributed by atoms with E-state index in [4.69, 9.17) is 4.74 Å². The third-order valence-corrected chi connectivity index (χ3v) is 5.82. The molecule has 2 aliphatic carbocycles. The Morgan fingerprint density at radius 2 is 1.29 bits per heavy atom. The van der Waals surface area contributed by atoms with Gasteiger partial charge in [-0.15, -0.1) is 0 Å². The van der Waals surface area contributed by atoms with Crippen molar-refractivity contribution in [3.8, 4) is 11.1 Å². The molecule has 0 amide bonds. The van der Waals surface area contributed by atoms with Gasteiger partial charge in [-0.2, -0.15) is 0 Å². The lowest BCUT2D eigenvalue weighted by molar-refractivity contribution is 0.0883. The minimum Gasteiger partial charge on any atom is -0.372 e. The molecule has 1 nitrogen and oxygen atoms in total. The summed E-state index contributed by atoms with van der Waals surface area (Å²) >= 11 is 0. The van der Waals surface area contributed by atoms with Crippen molar-refractivity contribution >= 4 is 0 Å². The van der Waals surface area contributed by atoms with Gasteiger partial charge in [-0.25, -0.2) is 0 Å². The highest BCUT2D eigenvalue weighted by Gasteiger charge is 2.68. The van der Waals surface area contributed by atoms with Gasteiger partial charge in [0.1, 0.15) is 0 Å². The molecule has 2 aliphatic rings. The van der Waals surface area contributed by atoms with E-state index < -0.39 is 0 Å². The van der Waals surface area contributed by atoms with Gasteiger partial charge in [-0.05, 0) is 33.7 Å². The summed E-state index contributed by atoms with van der Waals surface area (Å²) in [6, 6.07) is 28.1. The molecule has 1 heteroatoms. The summed E-state index contributed by atoms with van der Waals surface area (Å²) in [6.45, 7) is 3.01. The average molecular weight is 312 g/mol. The van der Waals surface area contributed by atoms with E-state index in [1.165, 1.54) is 27.8 Å².